The van der Waals surface area contributed by atoms with Gasteiger partial charge >= 0.3 is 0 Å². The highest BCUT2D eigenvalue weighted by Crippen LogP contribution is 2.17. The summed E-state index contributed by atoms with van der Waals surface area (Å²) in [6, 6.07) is 7.43. The molecule has 1 rings (SSSR count). The highest BCUT2D eigenvalue weighted by molar-refractivity contribution is 5.79. The Morgan fingerprint density at radius 1 is 1.43 bits per heavy atom. The Morgan fingerprint density at radius 3 is 2.43 bits per heavy atom. The van der Waals surface area contributed by atoms with Crippen molar-refractivity contribution < 1.29 is 9.53 Å². The number of carbonyl (C=O) groups excluding carboxylic acids is 1. The first-order chi connectivity index (χ1) is 6.63. The van der Waals surface area contributed by atoms with Gasteiger partial charge in [0.15, 0.2) is 0 Å². The lowest BCUT2D eigenvalue weighted by molar-refractivity contribution is -0.116. The summed E-state index contributed by atoms with van der Waals surface area (Å²) in [5, 5.41) is 0. The number of hydrogen-bond donors (Lipinski definition) is 1. The lowest BCUT2D eigenvalue weighted by Crippen LogP contribution is -2.30. The molecule has 0 bridgehead atoms. The molecule has 0 aliphatic rings. The summed E-state index contributed by atoms with van der Waals surface area (Å²) in [5.41, 5.74) is 6.02. The van der Waals surface area contributed by atoms with E-state index in [1.807, 2.05) is 31.3 Å². The van der Waals surface area contributed by atoms with Gasteiger partial charge in [0.1, 0.15) is 5.75 Å². The number of nitrogens with zero attached hydrogens (tertiary/aromatic N) is 1. The number of amides is 1. The summed E-state index contributed by atoms with van der Waals surface area (Å²) in [6.45, 7) is 0.215. The fraction of sp³-hybridized carbons (Fsp3) is 0.300. The summed E-state index contributed by atoms with van der Waals surface area (Å²) >= 11 is 0. The maximum Gasteiger partial charge on any atom is 0.236 e. The third kappa shape index (κ3) is 2.65. The predicted molar refractivity (Wildman–Crippen MR) is 55.5 cm³/mol. The molecule has 0 aliphatic carbocycles. The van der Waals surface area contributed by atoms with Crippen LogP contribution in [0.3, 0.4) is 0 Å². The van der Waals surface area contributed by atoms with Crippen molar-refractivity contribution in [2.45, 2.75) is 0 Å². The van der Waals surface area contributed by atoms with E-state index in [1.54, 1.807) is 12.0 Å². The van der Waals surface area contributed by atoms with E-state index in [9.17, 15) is 4.79 Å². The molecule has 1 aromatic carbocycles. The number of rotatable bonds is 4. The van der Waals surface area contributed by atoms with Gasteiger partial charge < -0.3 is 15.4 Å². The van der Waals surface area contributed by atoms with Crippen molar-refractivity contribution in [3.8, 4) is 5.75 Å². The zero-order valence-electron chi connectivity index (χ0n) is 8.36. The fourth-order valence-electron chi connectivity index (χ4n) is 1.16. The second-order valence-electron chi connectivity index (χ2n) is 3.02. The van der Waals surface area contributed by atoms with E-state index >= 15 is 0 Å². The number of benzene rings is 1. The van der Waals surface area contributed by atoms with Crippen LogP contribution in [0.15, 0.2) is 24.3 Å². The molecule has 14 heavy (non-hydrogen) atoms. The van der Waals surface area contributed by atoms with Gasteiger partial charge in [-0.25, -0.2) is 0 Å². The van der Waals surface area contributed by atoms with Crippen LogP contribution in [0.25, 0.3) is 0 Å². The van der Waals surface area contributed by atoms with Gasteiger partial charge in [0.05, 0.1) is 13.7 Å². The van der Waals surface area contributed by atoms with Gasteiger partial charge in [0.2, 0.25) is 5.91 Å². The van der Waals surface area contributed by atoms with Gasteiger partial charge in [0.25, 0.3) is 0 Å². The van der Waals surface area contributed by atoms with Gasteiger partial charge in [0, 0.05) is 12.7 Å². The van der Waals surface area contributed by atoms with E-state index in [0.29, 0.717) is 0 Å². The van der Waals surface area contributed by atoms with Crippen LogP contribution in [0, 0.1) is 0 Å². The Balaban J connectivity index is 2.71. The lowest BCUT2D eigenvalue weighted by Gasteiger charge is -2.17. The highest BCUT2D eigenvalue weighted by Gasteiger charge is 2.03. The minimum atomic E-state index is -0.344. The van der Waals surface area contributed by atoms with Crippen molar-refractivity contribution in [2.75, 3.05) is 25.6 Å². The molecule has 0 radical (unpaired) electrons. The van der Waals surface area contributed by atoms with Crippen LogP contribution in [0.5, 0.6) is 5.75 Å². The molecule has 0 atom stereocenters. The zero-order valence-corrected chi connectivity index (χ0v) is 8.36. The van der Waals surface area contributed by atoms with Crippen LogP contribution in [0.4, 0.5) is 5.69 Å². The largest absolute Gasteiger partial charge is 0.497 e. The van der Waals surface area contributed by atoms with Crippen molar-refractivity contribution in [1.29, 1.82) is 0 Å². The summed E-state index contributed by atoms with van der Waals surface area (Å²) in [5.74, 6) is 0.449. The third-order valence-corrected chi connectivity index (χ3v) is 1.91. The van der Waals surface area contributed by atoms with Crippen molar-refractivity contribution >= 4 is 11.6 Å². The number of ether oxygens (including phenoxy) is 1. The van der Waals surface area contributed by atoms with Gasteiger partial charge in [-0.1, -0.05) is 0 Å². The quantitative estimate of drug-likeness (QED) is 0.764. The molecule has 0 saturated heterocycles. The molecule has 0 unspecified atom stereocenters. The molecule has 2 N–H and O–H groups in total. The van der Waals surface area contributed by atoms with Crippen molar-refractivity contribution in [3.05, 3.63) is 24.3 Å². The zero-order chi connectivity index (χ0) is 10.6. The summed E-state index contributed by atoms with van der Waals surface area (Å²) in [4.78, 5) is 12.4. The lowest BCUT2D eigenvalue weighted by atomic mass is 10.3. The van der Waals surface area contributed by atoms with Crippen LogP contribution in [0.1, 0.15) is 0 Å². The average Bonchev–Trinajstić information content (AvgIpc) is 2.17. The highest BCUT2D eigenvalue weighted by atomic mass is 16.5. The number of methoxy groups -OCH3 is 1. The Morgan fingerprint density at radius 2 is 2.00 bits per heavy atom. The van der Waals surface area contributed by atoms with Crippen LogP contribution in [0.2, 0.25) is 0 Å². The first-order valence-corrected chi connectivity index (χ1v) is 4.27. The maximum atomic E-state index is 10.7. The topological polar surface area (TPSA) is 55.6 Å². The number of nitrogens with two attached hydrogens (primary N) is 1. The van der Waals surface area contributed by atoms with Gasteiger partial charge in [-0.2, -0.15) is 0 Å². The van der Waals surface area contributed by atoms with E-state index in [0.717, 1.165) is 11.4 Å². The first-order valence-electron chi connectivity index (χ1n) is 4.27. The van der Waals surface area contributed by atoms with Gasteiger partial charge in [-0.05, 0) is 24.3 Å². The number of anilines is 1. The molecule has 1 amide bonds. The number of hydrogen-bond acceptors (Lipinski definition) is 3. The molecule has 0 fully saturated rings. The smallest absolute Gasteiger partial charge is 0.236 e. The number of likely N-dealkylation sites (N-methyl/N-ethyl adjacent to an activating group) is 1. The standard InChI is InChI=1S/C10H14N2O2/c1-12(7-10(11)13)8-3-5-9(14-2)6-4-8/h3-6H,7H2,1-2H3,(H2,11,13). The van der Waals surface area contributed by atoms with Crippen molar-refractivity contribution in [3.63, 3.8) is 0 Å². The van der Waals surface area contributed by atoms with Gasteiger partial charge in [-0.3, -0.25) is 4.79 Å². The molecule has 1 aromatic rings. The SMILES string of the molecule is COc1ccc(N(C)CC(N)=O)cc1. The van der Waals surface area contributed by atoms with E-state index in [4.69, 9.17) is 10.5 Å². The summed E-state index contributed by atoms with van der Waals surface area (Å²) in [6.07, 6.45) is 0. The average molecular weight is 194 g/mol. The molecular weight excluding hydrogens is 180 g/mol. The Labute approximate surface area is 83.3 Å². The van der Waals surface area contributed by atoms with E-state index in [2.05, 4.69) is 0 Å². The van der Waals surface area contributed by atoms with Gasteiger partial charge in [-0.15, -0.1) is 0 Å². The van der Waals surface area contributed by atoms with E-state index in [-0.39, 0.29) is 12.5 Å². The minimum Gasteiger partial charge on any atom is -0.497 e. The summed E-state index contributed by atoms with van der Waals surface area (Å²) in [7, 11) is 3.43. The predicted octanol–water partition coefficient (Wildman–Crippen LogP) is 0.617. The number of carbonyl (C=O) groups is 1. The molecule has 76 valence electrons. The molecule has 4 heteroatoms. The summed E-state index contributed by atoms with van der Waals surface area (Å²) < 4.78 is 5.02. The molecular formula is C10H14N2O2. The molecule has 0 aliphatic heterocycles. The molecule has 0 aromatic heterocycles. The van der Waals surface area contributed by atoms with E-state index < -0.39 is 0 Å². The first kappa shape index (κ1) is 10.4. The van der Waals surface area contributed by atoms with Crippen LogP contribution >= 0.6 is 0 Å². The van der Waals surface area contributed by atoms with Crippen LogP contribution < -0.4 is 15.4 Å². The fourth-order valence-corrected chi connectivity index (χ4v) is 1.16. The number of primary amides is 1. The molecule has 0 heterocycles. The van der Waals surface area contributed by atoms with E-state index in [1.165, 1.54) is 0 Å². The second-order valence-corrected chi connectivity index (χ2v) is 3.02. The normalized spacial score (nSPS) is 9.57. The second kappa shape index (κ2) is 4.50. The molecule has 4 nitrogen and oxygen atoms in total. The Kier molecular flexibility index (Phi) is 3.34. The molecule has 0 saturated carbocycles. The minimum absolute atomic E-state index is 0.215. The Bertz CT molecular complexity index is 308. The molecule has 0 spiro atoms. The van der Waals surface area contributed by atoms with Crippen molar-refractivity contribution in [2.24, 2.45) is 5.73 Å². The van der Waals surface area contributed by atoms with Crippen LogP contribution in [-0.4, -0.2) is 26.6 Å². The third-order valence-electron chi connectivity index (χ3n) is 1.91. The monoisotopic (exact) mass is 194 g/mol. The van der Waals surface area contributed by atoms with Crippen molar-refractivity contribution in [1.82, 2.24) is 0 Å². The Hall–Kier alpha value is -1.71. The van der Waals surface area contributed by atoms with Crippen LogP contribution in [-0.2, 0) is 4.79 Å². The maximum absolute atomic E-state index is 10.7.